The fourth-order valence-corrected chi connectivity index (χ4v) is 6.88. The minimum Gasteiger partial charge on any atom is -0.466 e. The SMILES string of the molecule is FC(F)Oc1cccc(C2=NN3C(C2)c2ccccc2OC32CCN(C3CCCc4ccccc43)CC2)c1. The highest BCUT2D eigenvalue weighted by Gasteiger charge is 2.52. The summed E-state index contributed by atoms with van der Waals surface area (Å²) in [7, 11) is 0. The molecule has 3 aromatic rings. The van der Waals surface area contributed by atoms with Crippen molar-refractivity contribution >= 4 is 5.71 Å². The van der Waals surface area contributed by atoms with Gasteiger partial charge in [0.2, 0.25) is 5.72 Å². The van der Waals surface area contributed by atoms with Crippen molar-refractivity contribution in [3.8, 4) is 11.5 Å². The second kappa shape index (κ2) is 9.38. The largest absolute Gasteiger partial charge is 0.466 e. The van der Waals surface area contributed by atoms with Gasteiger partial charge in [0.15, 0.2) is 0 Å². The van der Waals surface area contributed by atoms with Gasteiger partial charge in [0, 0.05) is 49.5 Å². The van der Waals surface area contributed by atoms with Gasteiger partial charge in [-0.1, -0.05) is 54.6 Å². The lowest BCUT2D eigenvalue weighted by atomic mass is 9.84. The topological polar surface area (TPSA) is 37.3 Å². The lowest BCUT2D eigenvalue weighted by Gasteiger charge is -2.52. The predicted molar refractivity (Wildman–Crippen MR) is 142 cm³/mol. The summed E-state index contributed by atoms with van der Waals surface area (Å²) >= 11 is 0. The van der Waals surface area contributed by atoms with Crippen LogP contribution in [0.3, 0.4) is 0 Å². The molecule has 1 aliphatic carbocycles. The van der Waals surface area contributed by atoms with Crippen molar-refractivity contribution in [2.75, 3.05) is 13.1 Å². The van der Waals surface area contributed by atoms with Crippen LogP contribution in [0.5, 0.6) is 11.5 Å². The highest BCUT2D eigenvalue weighted by Crippen LogP contribution is 2.51. The van der Waals surface area contributed by atoms with Gasteiger partial charge in [-0.2, -0.15) is 13.9 Å². The summed E-state index contributed by atoms with van der Waals surface area (Å²) in [6, 6.07) is 24.5. The molecule has 196 valence electrons. The third-order valence-corrected chi connectivity index (χ3v) is 8.66. The number of ether oxygens (including phenoxy) is 2. The van der Waals surface area contributed by atoms with Gasteiger partial charge in [0.05, 0.1) is 11.8 Å². The Balaban J connectivity index is 1.18. The molecule has 38 heavy (non-hydrogen) atoms. The fraction of sp³-hybridized carbons (Fsp3) is 0.387. The molecule has 0 amide bonds. The molecule has 1 fully saturated rings. The van der Waals surface area contributed by atoms with E-state index in [0.29, 0.717) is 12.5 Å². The number of rotatable bonds is 4. The molecule has 2 unspecified atom stereocenters. The first-order chi connectivity index (χ1) is 18.6. The lowest BCUT2D eigenvalue weighted by molar-refractivity contribution is -0.153. The average Bonchev–Trinajstić information content (AvgIpc) is 3.40. The third-order valence-electron chi connectivity index (χ3n) is 8.66. The number of benzene rings is 3. The van der Waals surface area contributed by atoms with Crippen molar-refractivity contribution < 1.29 is 18.3 Å². The van der Waals surface area contributed by atoms with E-state index in [-0.39, 0.29) is 11.8 Å². The van der Waals surface area contributed by atoms with E-state index >= 15 is 0 Å². The minimum absolute atomic E-state index is 0.0524. The lowest BCUT2D eigenvalue weighted by Crippen LogP contribution is -2.59. The molecule has 5 nitrogen and oxygen atoms in total. The molecule has 1 spiro atoms. The first kappa shape index (κ1) is 23.7. The van der Waals surface area contributed by atoms with Crippen LogP contribution in [0.1, 0.15) is 66.4 Å². The van der Waals surface area contributed by atoms with Crippen molar-refractivity contribution in [1.82, 2.24) is 9.91 Å². The van der Waals surface area contributed by atoms with Crippen LogP contribution in [-0.4, -0.2) is 41.0 Å². The van der Waals surface area contributed by atoms with Crippen molar-refractivity contribution in [3.05, 3.63) is 95.1 Å². The fourth-order valence-electron chi connectivity index (χ4n) is 6.88. The molecule has 0 bridgehead atoms. The number of aryl methyl sites for hydroxylation is 1. The van der Waals surface area contributed by atoms with E-state index in [1.54, 1.807) is 18.2 Å². The van der Waals surface area contributed by atoms with Crippen LogP contribution in [0, 0.1) is 0 Å². The molecule has 0 radical (unpaired) electrons. The van der Waals surface area contributed by atoms with E-state index in [0.717, 1.165) is 48.5 Å². The zero-order valence-electron chi connectivity index (χ0n) is 21.2. The van der Waals surface area contributed by atoms with Crippen molar-refractivity contribution in [2.24, 2.45) is 5.10 Å². The maximum atomic E-state index is 12.8. The van der Waals surface area contributed by atoms with Gasteiger partial charge in [0.1, 0.15) is 11.5 Å². The number of hydrogen-bond acceptors (Lipinski definition) is 5. The van der Waals surface area contributed by atoms with Gasteiger partial charge in [-0.3, -0.25) is 4.90 Å². The first-order valence-corrected chi connectivity index (χ1v) is 13.6. The Bertz CT molecular complexity index is 1370. The molecule has 2 atom stereocenters. The summed E-state index contributed by atoms with van der Waals surface area (Å²) in [5.74, 6) is 1.08. The van der Waals surface area contributed by atoms with Gasteiger partial charge in [-0.25, -0.2) is 5.01 Å². The first-order valence-electron chi connectivity index (χ1n) is 13.6. The molecular weight excluding hydrogens is 484 g/mol. The maximum Gasteiger partial charge on any atom is 0.387 e. The number of para-hydroxylation sites is 1. The smallest absolute Gasteiger partial charge is 0.387 e. The summed E-state index contributed by atoms with van der Waals surface area (Å²) < 4.78 is 37.2. The molecule has 3 heterocycles. The Morgan fingerprint density at radius 3 is 2.55 bits per heavy atom. The zero-order chi connectivity index (χ0) is 25.7. The predicted octanol–water partition coefficient (Wildman–Crippen LogP) is 6.70. The van der Waals surface area contributed by atoms with Crippen molar-refractivity contribution in [2.45, 2.75) is 62.9 Å². The molecular formula is C31H31F2N3O2. The highest BCUT2D eigenvalue weighted by atomic mass is 19.3. The molecule has 3 aromatic carbocycles. The van der Waals surface area contributed by atoms with E-state index in [1.165, 1.54) is 30.4 Å². The van der Waals surface area contributed by atoms with E-state index in [4.69, 9.17) is 9.84 Å². The van der Waals surface area contributed by atoms with Crippen molar-refractivity contribution in [3.63, 3.8) is 0 Å². The summed E-state index contributed by atoms with van der Waals surface area (Å²) in [5.41, 5.74) is 5.25. The molecule has 7 rings (SSSR count). The van der Waals surface area contributed by atoms with E-state index in [2.05, 4.69) is 51.0 Å². The van der Waals surface area contributed by atoms with Gasteiger partial charge < -0.3 is 9.47 Å². The number of fused-ring (bicyclic) bond motifs is 5. The molecule has 0 saturated carbocycles. The summed E-state index contributed by atoms with van der Waals surface area (Å²) in [5, 5.41) is 7.29. The Morgan fingerprint density at radius 2 is 1.71 bits per heavy atom. The summed E-state index contributed by atoms with van der Waals surface area (Å²) in [4.78, 5) is 2.63. The second-order valence-electron chi connectivity index (χ2n) is 10.7. The number of likely N-dealkylation sites (tertiary alicyclic amines) is 1. The number of alkyl halides is 2. The summed E-state index contributed by atoms with van der Waals surface area (Å²) in [6.07, 6.45) is 5.98. The Labute approximate surface area is 221 Å². The standard InChI is InChI=1S/C31H31F2N3O2/c32-30(33)37-23-10-5-9-22(19-23)26-20-28-25-12-3-4-14-29(25)38-31(36(28)34-26)15-17-35(18-16-31)27-13-6-8-21-7-1-2-11-24(21)27/h1-5,7,9-12,14,19,27-28,30H,6,8,13,15-18,20H2. The maximum absolute atomic E-state index is 12.8. The Kier molecular flexibility index (Phi) is 5.84. The van der Waals surface area contributed by atoms with E-state index in [1.807, 2.05) is 18.2 Å². The minimum atomic E-state index is -2.85. The molecule has 7 heteroatoms. The number of halogens is 2. The zero-order valence-corrected chi connectivity index (χ0v) is 21.2. The number of piperidine rings is 1. The Hall–Kier alpha value is -3.45. The van der Waals surface area contributed by atoms with Crippen LogP contribution < -0.4 is 9.47 Å². The molecule has 0 aromatic heterocycles. The van der Waals surface area contributed by atoms with Crippen LogP contribution in [-0.2, 0) is 6.42 Å². The number of hydrogen-bond donors (Lipinski definition) is 0. The molecule has 4 aliphatic rings. The van der Waals surface area contributed by atoms with Gasteiger partial charge in [-0.15, -0.1) is 0 Å². The van der Waals surface area contributed by atoms with Crippen LogP contribution in [0.4, 0.5) is 8.78 Å². The normalized spacial score (nSPS) is 23.9. The average molecular weight is 516 g/mol. The van der Waals surface area contributed by atoms with E-state index < -0.39 is 12.3 Å². The van der Waals surface area contributed by atoms with E-state index in [9.17, 15) is 8.78 Å². The van der Waals surface area contributed by atoms with Gasteiger partial charge in [0.25, 0.3) is 0 Å². The quantitative estimate of drug-likeness (QED) is 0.388. The monoisotopic (exact) mass is 515 g/mol. The summed E-state index contributed by atoms with van der Waals surface area (Å²) in [6.45, 7) is -0.980. The van der Waals surface area contributed by atoms with Crippen LogP contribution >= 0.6 is 0 Å². The molecule has 1 saturated heterocycles. The van der Waals surface area contributed by atoms with Crippen molar-refractivity contribution in [1.29, 1.82) is 0 Å². The molecule has 0 N–H and O–H groups in total. The Morgan fingerprint density at radius 1 is 0.921 bits per heavy atom. The molecule has 3 aliphatic heterocycles. The number of nitrogens with zero attached hydrogens (tertiary/aromatic N) is 3. The highest BCUT2D eigenvalue weighted by molar-refractivity contribution is 6.02. The van der Waals surface area contributed by atoms with Crippen LogP contribution in [0.25, 0.3) is 0 Å². The van der Waals surface area contributed by atoms with Gasteiger partial charge in [-0.05, 0) is 48.6 Å². The van der Waals surface area contributed by atoms with Gasteiger partial charge >= 0.3 is 6.61 Å². The third kappa shape index (κ3) is 4.04. The van der Waals surface area contributed by atoms with Crippen LogP contribution in [0.2, 0.25) is 0 Å². The second-order valence-corrected chi connectivity index (χ2v) is 10.7. The van der Waals surface area contributed by atoms with Crippen LogP contribution in [0.15, 0.2) is 77.9 Å². The number of hydrazone groups is 1.